The van der Waals surface area contributed by atoms with E-state index < -0.39 is 40.5 Å². The normalized spacial score (nSPS) is 23.9. The number of imide groups is 2. The number of piperidine rings is 2. The maximum Gasteiger partial charge on any atom is 0.262 e. The third-order valence-corrected chi connectivity index (χ3v) is 13.4. The average Bonchev–Trinajstić information content (AvgIpc) is 3.49. The minimum Gasteiger partial charge on any atom is -0.488 e. The molecule has 1 aliphatic carbocycles. The molecule has 4 aliphatic heterocycles. The number of nitriles is 2. The summed E-state index contributed by atoms with van der Waals surface area (Å²) in [7, 11) is 0. The Morgan fingerprint density at radius 3 is 2.08 bits per heavy atom. The molecule has 4 fully saturated rings. The van der Waals surface area contributed by atoms with E-state index in [1.54, 1.807) is 24.3 Å². The van der Waals surface area contributed by atoms with Gasteiger partial charge in [-0.2, -0.15) is 10.5 Å². The maximum absolute atomic E-state index is 13.5. The van der Waals surface area contributed by atoms with Gasteiger partial charge in [0.05, 0.1) is 28.3 Å². The Morgan fingerprint density at radius 1 is 0.783 bits per heavy atom. The Bertz CT molecular complexity index is 2310. The van der Waals surface area contributed by atoms with E-state index in [0.717, 1.165) is 74.9 Å². The summed E-state index contributed by atoms with van der Waals surface area (Å²) in [4.78, 5) is 72.2. The van der Waals surface area contributed by atoms with Gasteiger partial charge in [-0.15, -0.1) is 0 Å². The number of rotatable bonds is 9. The molecule has 0 spiro atoms. The van der Waals surface area contributed by atoms with Gasteiger partial charge in [-0.05, 0) is 85.8 Å². The molecule has 5 aliphatic rings. The number of hydrogen-bond acceptors (Lipinski definition) is 11. The molecule has 1 unspecified atom stereocenters. The lowest BCUT2D eigenvalue weighted by molar-refractivity contribution is -0.164. The van der Waals surface area contributed by atoms with Gasteiger partial charge in [-0.25, -0.2) is 0 Å². The van der Waals surface area contributed by atoms with E-state index in [-0.39, 0.29) is 36.5 Å². The van der Waals surface area contributed by atoms with Crippen LogP contribution in [0.15, 0.2) is 60.7 Å². The number of benzene rings is 3. The number of ether oxygens (including phenoxy) is 1. The highest BCUT2D eigenvalue weighted by atomic mass is 16.5. The third-order valence-electron chi connectivity index (χ3n) is 13.4. The molecule has 4 heterocycles. The zero-order valence-electron chi connectivity index (χ0n) is 34.5. The van der Waals surface area contributed by atoms with E-state index in [1.165, 1.54) is 6.07 Å². The first-order valence-corrected chi connectivity index (χ1v) is 20.8. The largest absolute Gasteiger partial charge is 0.488 e. The van der Waals surface area contributed by atoms with Crippen molar-refractivity contribution in [1.29, 1.82) is 10.5 Å². The molecule has 14 heteroatoms. The Labute approximate surface area is 350 Å². The predicted molar refractivity (Wildman–Crippen MR) is 222 cm³/mol. The van der Waals surface area contributed by atoms with Crippen LogP contribution in [-0.2, 0) is 9.59 Å². The van der Waals surface area contributed by atoms with Crippen LogP contribution in [0.4, 0.5) is 11.4 Å². The molecule has 1 atom stereocenters. The van der Waals surface area contributed by atoms with Gasteiger partial charge >= 0.3 is 0 Å². The summed E-state index contributed by atoms with van der Waals surface area (Å²) >= 11 is 0. The van der Waals surface area contributed by atoms with E-state index in [0.29, 0.717) is 33.9 Å². The highest BCUT2D eigenvalue weighted by Crippen LogP contribution is 2.55. The Morgan fingerprint density at radius 2 is 1.43 bits per heavy atom. The number of carbonyl (C=O) groups excluding carboxylic acids is 5. The maximum atomic E-state index is 13.5. The lowest BCUT2D eigenvalue weighted by Crippen LogP contribution is -2.74. The van der Waals surface area contributed by atoms with Crippen molar-refractivity contribution in [2.24, 2.45) is 16.7 Å². The van der Waals surface area contributed by atoms with Gasteiger partial charge in [0.15, 0.2) is 0 Å². The smallest absolute Gasteiger partial charge is 0.262 e. The molecule has 5 amide bonds. The zero-order valence-corrected chi connectivity index (χ0v) is 34.5. The fourth-order valence-corrected chi connectivity index (χ4v) is 10.3. The van der Waals surface area contributed by atoms with Crippen molar-refractivity contribution in [2.45, 2.75) is 71.6 Å². The van der Waals surface area contributed by atoms with Gasteiger partial charge in [0.1, 0.15) is 24.0 Å². The van der Waals surface area contributed by atoms with Crippen molar-refractivity contribution < 1.29 is 28.7 Å². The summed E-state index contributed by atoms with van der Waals surface area (Å²) in [5, 5.41) is 24.4. The third kappa shape index (κ3) is 7.34. The summed E-state index contributed by atoms with van der Waals surface area (Å²) in [6.07, 6.45) is 2.09. The van der Waals surface area contributed by atoms with Crippen molar-refractivity contribution in [3.63, 3.8) is 0 Å². The SMILES string of the molecule is CC1(C)[C@H](NC(=O)c2ccc(N3CCC(CN4CCN(c5ccc6c(c5)C(=O)N(C5CCC(=O)NC5=O)C6=O)CC4)CC3)cc2)C(C)(C)[C@H]1Oc1ccc(C#N)cc1C#N. The monoisotopic (exact) mass is 810 g/mol. The molecular weight excluding hydrogens is 761 g/mol. The number of fused-ring (bicyclic) bond motifs is 1. The first-order chi connectivity index (χ1) is 28.7. The molecule has 8 rings (SSSR count). The summed E-state index contributed by atoms with van der Waals surface area (Å²) in [6.45, 7) is 14.5. The van der Waals surface area contributed by atoms with Crippen LogP contribution in [0.1, 0.15) is 95.6 Å². The van der Waals surface area contributed by atoms with Gasteiger partial charge in [0.2, 0.25) is 11.8 Å². The highest BCUT2D eigenvalue weighted by molar-refractivity contribution is 6.23. The lowest BCUT2D eigenvalue weighted by Gasteiger charge is -2.63. The number of anilines is 2. The fourth-order valence-electron chi connectivity index (χ4n) is 10.3. The molecule has 0 aromatic heterocycles. The van der Waals surface area contributed by atoms with Crippen LogP contribution < -0.4 is 25.2 Å². The molecule has 60 heavy (non-hydrogen) atoms. The molecule has 14 nitrogen and oxygen atoms in total. The number of amides is 5. The van der Waals surface area contributed by atoms with Crippen molar-refractivity contribution in [2.75, 3.05) is 55.6 Å². The number of piperazine rings is 1. The van der Waals surface area contributed by atoms with Gasteiger partial charge < -0.3 is 19.9 Å². The first-order valence-electron chi connectivity index (χ1n) is 20.8. The molecule has 0 radical (unpaired) electrons. The highest BCUT2D eigenvalue weighted by Gasteiger charge is 2.64. The van der Waals surface area contributed by atoms with Crippen molar-refractivity contribution in [3.05, 3.63) is 88.5 Å². The zero-order chi connectivity index (χ0) is 42.5. The standard InChI is InChI=1S/C46H50N8O6/c1-45(2)43(46(3,4)44(45)60-37-13-5-29(25-47)23-31(37)26-48)50-39(56)30-6-8-32(9-7-30)52-17-15-28(16-18-52)27-51-19-21-53(22-20-51)33-10-11-34-35(24-33)42(59)54(41(34)58)36-12-14-38(55)49-40(36)57/h5-11,13,23-24,28,36,43-44H,12,14-22,27H2,1-4H3,(H,50,56)(H,49,55,57)/t36?,43-,44-. The lowest BCUT2D eigenvalue weighted by atomic mass is 9.49. The molecule has 310 valence electrons. The summed E-state index contributed by atoms with van der Waals surface area (Å²) in [6, 6.07) is 21.0. The van der Waals surface area contributed by atoms with E-state index in [1.807, 2.05) is 30.3 Å². The van der Waals surface area contributed by atoms with Crippen molar-refractivity contribution >= 4 is 40.9 Å². The number of carbonyl (C=O) groups is 5. The van der Waals surface area contributed by atoms with Gasteiger partial charge in [0, 0.05) is 86.0 Å². The Hall–Kier alpha value is -6.25. The summed E-state index contributed by atoms with van der Waals surface area (Å²) < 4.78 is 6.39. The average molecular weight is 811 g/mol. The van der Waals surface area contributed by atoms with Gasteiger partial charge in [0.25, 0.3) is 17.7 Å². The fraction of sp³-hybridized carbons (Fsp3) is 0.457. The molecule has 3 aromatic carbocycles. The molecule has 3 aromatic rings. The molecular formula is C46H50N8O6. The second-order valence-corrected chi connectivity index (χ2v) is 17.9. The van der Waals surface area contributed by atoms with Crippen molar-refractivity contribution in [3.8, 4) is 17.9 Å². The molecule has 1 saturated carbocycles. The Balaban J connectivity index is 0.794. The number of nitrogens with zero attached hydrogens (tertiary/aromatic N) is 6. The van der Waals surface area contributed by atoms with Gasteiger partial charge in [-0.3, -0.25) is 39.1 Å². The summed E-state index contributed by atoms with van der Waals surface area (Å²) in [5.74, 6) is -1.13. The minimum absolute atomic E-state index is 0.0871. The second-order valence-electron chi connectivity index (χ2n) is 17.9. The van der Waals surface area contributed by atoms with Crippen LogP contribution in [0.5, 0.6) is 5.75 Å². The topological polar surface area (TPSA) is 179 Å². The Kier molecular flexibility index (Phi) is 10.6. The van der Waals surface area contributed by atoms with Crippen LogP contribution in [0.2, 0.25) is 0 Å². The van der Waals surface area contributed by atoms with Crippen molar-refractivity contribution in [1.82, 2.24) is 20.4 Å². The van der Waals surface area contributed by atoms with Crippen LogP contribution in [0.3, 0.4) is 0 Å². The molecule has 2 N–H and O–H groups in total. The minimum atomic E-state index is -0.979. The van der Waals surface area contributed by atoms with Crippen LogP contribution >= 0.6 is 0 Å². The molecule has 0 bridgehead atoms. The molecule has 3 saturated heterocycles. The quantitative estimate of drug-likeness (QED) is 0.291. The number of nitrogens with one attached hydrogen (secondary N) is 2. The van der Waals surface area contributed by atoms with E-state index >= 15 is 0 Å². The van der Waals surface area contributed by atoms with Crippen LogP contribution in [-0.4, -0.2) is 103 Å². The van der Waals surface area contributed by atoms with Crippen LogP contribution in [0.25, 0.3) is 0 Å². The van der Waals surface area contributed by atoms with E-state index in [4.69, 9.17) is 4.74 Å². The van der Waals surface area contributed by atoms with Crippen LogP contribution in [0, 0.1) is 39.4 Å². The second kappa shape index (κ2) is 15.7. The van der Waals surface area contributed by atoms with E-state index in [9.17, 15) is 34.5 Å². The summed E-state index contributed by atoms with van der Waals surface area (Å²) in [5.41, 5.74) is 3.03. The van der Waals surface area contributed by atoms with Gasteiger partial charge in [-0.1, -0.05) is 27.7 Å². The first kappa shape index (κ1) is 40.5. The predicted octanol–water partition coefficient (Wildman–Crippen LogP) is 4.48. The van der Waals surface area contributed by atoms with E-state index in [2.05, 4.69) is 65.2 Å². The number of hydrogen-bond donors (Lipinski definition) is 2.